The zero-order valence-corrected chi connectivity index (χ0v) is 21.3. The number of imidazole rings is 1. The molecule has 1 aliphatic rings. The van der Waals surface area contributed by atoms with Crippen LogP contribution in [-0.2, 0) is 13.0 Å². The van der Waals surface area contributed by atoms with Crippen molar-refractivity contribution in [2.45, 2.75) is 38.7 Å². The van der Waals surface area contributed by atoms with Gasteiger partial charge in [0.1, 0.15) is 24.5 Å². The number of ether oxygens (including phenoxy) is 1. The highest BCUT2D eigenvalue weighted by Crippen LogP contribution is 2.33. The number of rotatable bonds is 8. The first-order valence-electron chi connectivity index (χ1n) is 12.4. The van der Waals surface area contributed by atoms with E-state index in [2.05, 4.69) is 48.3 Å². The minimum absolute atomic E-state index is 0.449. The number of pyridine rings is 1. The van der Waals surface area contributed by atoms with E-state index in [1.807, 2.05) is 49.2 Å². The van der Waals surface area contributed by atoms with Gasteiger partial charge in [-0.2, -0.15) is 0 Å². The Hall–Kier alpha value is -4.12. The van der Waals surface area contributed by atoms with Crippen molar-refractivity contribution >= 4 is 17.2 Å². The molecule has 0 saturated carbocycles. The van der Waals surface area contributed by atoms with Crippen LogP contribution in [0.1, 0.15) is 41.9 Å². The van der Waals surface area contributed by atoms with Crippen LogP contribution in [0.25, 0.3) is 11.4 Å². The third-order valence-electron chi connectivity index (χ3n) is 6.69. The minimum atomic E-state index is 0.449. The Bertz CT molecular complexity index is 1420. The molecule has 4 aromatic heterocycles. The average molecular weight is 514 g/mol. The van der Waals surface area contributed by atoms with Crippen molar-refractivity contribution < 1.29 is 4.74 Å². The fraction of sp³-hybridized carbons (Fsp3) is 0.308. The molecule has 1 fully saturated rings. The van der Waals surface area contributed by atoms with E-state index >= 15 is 0 Å². The molecule has 6 rings (SSSR count). The van der Waals surface area contributed by atoms with Crippen LogP contribution in [0.5, 0.6) is 5.75 Å². The first-order valence-corrected chi connectivity index (χ1v) is 13.3. The lowest BCUT2D eigenvalue weighted by atomic mass is 9.97. The predicted octanol–water partition coefficient (Wildman–Crippen LogP) is 4.22. The molecule has 0 N–H and O–H groups in total. The molecule has 5 heterocycles. The van der Waals surface area contributed by atoms with Crippen LogP contribution in [0, 0.1) is 0 Å². The first-order chi connectivity index (χ1) is 18.3. The molecule has 1 aliphatic heterocycles. The summed E-state index contributed by atoms with van der Waals surface area (Å²) in [5.74, 6) is 2.28. The number of hydrogen-bond acceptors (Lipinski definition) is 9. The number of aryl methyl sites for hydroxylation is 1. The molecule has 0 amide bonds. The van der Waals surface area contributed by atoms with Crippen LogP contribution in [0.2, 0.25) is 0 Å². The van der Waals surface area contributed by atoms with Crippen LogP contribution < -0.4 is 9.64 Å². The summed E-state index contributed by atoms with van der Waals surface area (Å²) in [6, 6.07) is 9.87. The largest absolute Gasteiger partial charge is 0.487 e. The van der Waals surface area contributed by atoms with Gasteiger partial charge in [0.2, 0.25) is 0 Å². The van der Waals surface area contributed by atoms with E-state index in [1.165, 1.54) is 10.6 Å². The van der Waals surface area contributed by atoms with Crippen molar-refractivity contribution in [3.63, 3.8) is 0 Å². The molecule has 188 valence electrons. The predicted molar refractivity (Wildman–Crippen MR) is 141 cm³/mol. The summed E-state index contributed by atoms with van der Waals surface area (Å²) in [5.41, 5.74) is 4.22. The van der Waals surface area contributed by atoms with Gasteiger partial charge < -0.3 is 14.2 Å². The van der Waals surface area contributed by atoms with E-state index in [4.69, 9.17) is 14.7 Å². The van der Waals surface area contributed by atoms with Gasteiger partial charge in [-0.15, -0.1) is 16.4 Å². The summed E-state index contributed by atoms with van der Waals surface area (Å²) in [6.45, 7) is 4.53. The maximum Gasteiger partial charge on any atom is 0.143 e. The Kier molecular flexibility index (Phi) is 6.59. The fourth-order valence-electron chi connectivity index (χ4n) is 4.61. The second-order valence-electron chi connectivity index (χ2n) is 8.97. The zero-order chi connectivity index (χ0) is 25.0. The summed E-state index contributed by atoms with van der Waals surface area (Å²) >= 11 is 1.73. The number of hydrogen-bond donors (Lipinski definition) is 0. The number of piperidine rings is 1. The molecule has 1 aromatic carbocycles. The molecule has 0 radical (unpaired) electrons. The van der Waals surface area contributed by atoms with E-state index < -0.39 is 0 Å². The van der Waals surface area contributed by atoms with Crippen LogP contribution in [-0.4, -0.2) is 52.8 Å². The first kappa shape index (κ1) is 23.3. The van der Waals surface area contributed by atoms with Crippen molar-refractivity contribution in [3.05, 3.63) is 83.2 Å². The summed E-state index contributed by atoms with van der Waals surface area (Å²) in [5, 5.41) is 14.5. The van der Waals surface area contributed by atoms with E-state index in [0.29, 0.717) is 12.5 Å². The van der Waals surface area contributed by atoms with Gasteiger partial charge in [-0.1, -0.05) is 6.92 Å². The summed E-state index contributed by atoms with van der Waals surface area (Å²) in [7, 11) is 0. The van der Waals surface area contributed by atoms with Gasteiger partial charge in [-0.3, -0.25) is 0 Å². The smallest absolute Gasteiger partial charge is 0.143 e. The van der Waals surface area contributed by atoms with Crippen LogP contribution in [0.15, 0.2) is 67.0 Å². The van der Waals surface area contributed by atoms with Crippen molar-refractivity contribution in [2.24, 2.45) is 0 Å². The molecule has 0 unspecified atom stereocenters. The summed E-state index contributed by atoms with van der Waals surface area (Å²) in [4.78, 5) is 16.3. The monoisotopic (exact) mass is 513 g/mol. The van der Waals surface area contributed by atoms with E-state index in [0.717, 1.165) is 61.0 Å². The standard InChI is InChI=1S/C26H27N9OS/c1-2-19-14-28-25(13-24(19)34-12-9-27-17-34)33-10-7-20(8-11-33)26-30-21(16-37-26)15-36-23-5-3-22(4-6-23)35-18-29-31-32-35/h3-6,9,12-14,16-18,20H,2,7-8,10-11,15H2,1H3. The number of aromatic nitrogens is 8. The SMILES string of the molecule is CCc1cnc(N2CCC(c3nc(COc4ccc(-n5cnnn5)cc4)cs3)CC2)cc1-n1ccnc1. The number of anilines is 1. The van der Waals surface area contributed by atoms with Gasteiger partial charge in [-0.05, 0) is 59.5 Å². The van der Waals surface area contributed by atoms with Gasteiger partial charge in [0.25, 0.3) is 0 Å². The molecule has 11 heteroatoms. The van der Waals surface area contributed by atoms with Crippen molar-refractivity contribution in [2.75, 3.05) is 18.0 Å². The molecule has 10 nitrogen and oxygen atoms in total. The van der Waals surface area contributed by atoms with Gasteiger partial charge in [0.05, 0.1) is 28.4 Å². The topological polar surface area (TPSA) is 99.7 Å². The molecular weight excluding hydrogens is 486 g/mol. The maximum absolute atomic E-state index is 5.96. The normalized spacial score (nSPS) is 14.2. The molecule has 0 aliphatic carbocycles. The number of thiazole rings is 1. The highest BCUT2D eigenvalue weighted by atomic mass is 32.1. The molecule has 0 atom stereocenters. The number of tetrazole rings is 1. The van der Waals surface area contributed by atoms with Crippen molar-refractivity contribution in [1.82, 2.24) is 39.7 Å². The van der Waals surface area contributed by atoms with E-state index in [-0.39, 0.29) is 0 Å². The highest BCUT2D eigenvalue weighted by molar-refractivity contribution is 7.09. The Labute approximate surface area is 218 Å². The van der Waals surface area contributed by atoms with Gasteiger partial charge in [-0.25, -0.2) is 19.6 Å². The quantitative estimate of drug-likeness (QED) is 0.304. The van der Waals surface area contributed by atoms with Gasteiger partial charge in [0, 0.05) is 49.0 Å². The summed E-state index contributed by atoms with van der Waals surface area (Å²) < 4.78 is 9.64. The highest BCUT2D eigenvalue weighted by Gasteiger charge is 2.24. The Balaban J connectivity index is 1.05. The molecule has 0 bridgehead atoms. The minimum Gasteiger partial charge on any atom is -0.487 e. The van der Waals surface area contributed by atoms with Crippen LogP contribution in [0.4, 0.5) is 5.82 Å². The Morgan fingerprint density at radius 3 is 2.70 bits per heavy atom. The molecular formula is C26H27N9OS. The Morgan fingerprint density at radius 2 is 1.97 bits per heavy atom. The van der Waals surface area contributed by atoms with Gasteiger partial charge >= 0.3 is 0 Å². The molecule has 5 aromatic rings. The second-order valence-corrected chi connectivity index (χ2v) is 9.86. The lowest BCUT2D eigenvalue weighted by Gasteiger charge is -2.32. The Morgan fingerprint density at radius 1 is 1.11 bits per heavy atom. The van der Waals surface area contributed by atoms with E-state index in [1.54, 1.807) is 22.3 Å². The fourth-order valence-corrected chi connectivity index (χ4v) is 5.59. The molecule has 0 spiro atoms. The van der Waals surface area contributed by atoms with Crippen LogP contribution >= 0.6 is 11.3 Å². The van der Waals surface area contributed by atoms with Crippen molar-refractivity contribution in [3.8, 4) is 17.1 Å². The van der Waals surface area contributed by atoms with E-state index in [9.17, 15) is 0 Å². The number of nitrogens with zero attached hydrogens (tertiary/aromatic N) is 9. The second kappa shape index (κ2) is 10.5. The van der Waals surface area contributed by atoms with Crippen LogP contribution in [0.3, 0.4) is 0 Å². The average Bonchev–Trinajstić information content (AvgIpc) is 3.75. The van der Waals surface area contributed by atoms with Crippen molar-refractivity contribution in [1.29, 1.82) is 0 Å². The summed E-state index contributed by atoms with van der Waals surface area (Å²) in [6.07, 6.45) is 12.3. The molecule has 1 saturated heterocycles. The lowest BCUT2D eigenvalue weighted by molar-refractivity contribution is 0.301. The third kappa shape index (κ3) is 5.08. The zero-order valence-electron chi connectivity index (χ0n) is 20.5. The number of benzene rings is 1. The maximum atomic E-state index is 5.96. The molecule has 37 heavy (non-hydrogen) atoms. The third-order valence-corrected chi connectivity index (χ3v) is 7.74. The van der Waals surface area contributed by atoms with Gasteiger partial charge in [0.15, 0.2) is 0 Å². The lowest BCUT2D eigenvalue weighted by Crippen LogP contribution is -2.33.